The highest BCUT2D eigenvalue weighted by molar-refractivity contribution is 5.62. The molecule has 0 radical (unpaired) electrons. The first-order chi connectivity index (χ1) is 7.54. The van der Waals surface area contributed by atoms with E-state index in [9.17, 15) is 0 Å². The number of rotatable bonds is 2. The predicted molar refractivity (Wildman–Crippen MR) is 67.3 cm³/mol. The maximum absolute atomic E-state index is 5.08. The molecule has 1 aromatic heterocycles. The molecule has 1 aromatic carbocycles. The molecule has 0 amide bonds. The summed E-state index contributed by atoms with van der Waals surface area (Å²) in [6.07, 6.45) is 4.59. The van der Waals surface area contributed by atoms with Crippen LogP contribution in [0, 0.1) is 5.41 Å². The molecule has 0 saturated carbocycles. The zero-order valence-corrected chi connectivity index (χ0v) is 10.2. The first-order valence-corrected chi connectivity index (χ1v) is 5.66. The van der Waals surface area contributed by atoms with Gasteiger partial charge < -0.3 is 4.42 Å². The molecule has 0 fully saturated rings. The Morgan fingerprint density at radius 2 is 1.62 bits per heavy atom. The molecule has 2 aromatic rings. The number of benzene rings is 1. The lowest BCUT2D eigenvalue weighted by atomic mass is 9.88. The summed E-state index contributed by atoms with van der Waals surface area (Å²) >= 11 is 0. The average molecular weight is 214 g/mol. The summed E-state index contributed by atoms with van der Waals surface area (Å²) in [5, 5.41) is 0. The molecule has 0 unspecified atom stereocenters. The Kier molecular flexibility index (Phi) is 2.86. The van der Waals surface area contributed by atoms with Gasteiger partial charge in [0.25, 0.3) is 0 Å². The first-order valence-electron chi connectivity index (χ1n) is 5.66. The molecule has 0 N–H and O–H groups in total. The molecule has 0 aliphatic heterocycles. The van der Waals surface area contributed by atoms with Crippen LogP contribution in [0.5, 0.6) is 0 Å². The van der Waals surface area contributed by atoms with Gasteiger partial charge in [-0.2, -0.15) is 0 Å². The van der Waals surface area contributed by atoms with E-state index in [0.29, 0.717) is 5.41 Å². The van der Waals surface area contributed by atoms with Crippen LogP contribution in [0.15, 0.2) is 47.3 Å². The molecule has 84 valence electrons. The second-order valence-electron chi connectivity index (χ2n) is 5.45. The van der Waals surface area contributed by atoms with E-state index in [-0.39, 0.29) is 0 Å². The zero-order chi connectivity index (χ0) is 11.6. The van der Waals surface area contributed by atoms with Crippen LogP contribution in [0.3, 0.4) is 0 Å². The van der Waals surface area contributed by atoms with E-state index in [1.807, 2.05) is 6.07 Å². The summed E-state index contributed by atoms with van der Waals surface area (Å²) in [5.74, 6) is 0. The van der Waals surface area contributed by atoms with Crippen molar-refractivity contribution in [1.29, 1.82) is 0 Å². The highest BCUT2D eigenvalue weighted by Gasteiger charge is 2.11. The zero-order valence-electron chi connectivity index (χ0n) is 10.2. The quantitative estimate of drug-likeness (QED) is 0.715. The van der Waals surface area contributed by atoms with Gasteiger partial charge in [-0.3, -0.25) is 0 Å². The fourth-order valence-electron chi connectivity index (χ4n) is 1.86. The number of furan rings is 1. The Bertz CT molecular complexity index is 429. The summed E-state index contributed by atoms with van der Waals surface area (Å²) in [7, 11) is 0. The Morgan fingerprint density at radius 3 is 2.12 bits per heavy atom. The molecule has 0 aliphatic rings. The van der Waals surface area contributed by atoms with Gasteiger partial charge >= 0.3 is 0 Å². The second kappa shape index (κ2) is 4.17. The van der Waals surface area contributed by atoms with Crippen molar-refractivity contribution in [3.63, 3.8) is 0 Å². The highest BCUT2D eigenvalue weighted by atomic mass is 16.3. The van der Waals surface area contributed by atoms with Crippen LogP contribution in [0.2, 0.25) is 0 Å². The lowest BCUT2D eigenvalue weighted by Gasteiger charge is -2.18. The molecular weight excluding hydrogens is 196 g/mol. The van der Waals surface area contributed by atoms with Gasteiger partial charge in [-0.25, -0.2) is 0 Å². The van der Waals surface area contributed by atoms with E-state index in [4.69, 9.17) is 4.42 Å². The van der Waals surface area contributed by atoms with Crippen molar-refractivity contribution in [1.82, 2.24) is 0 Å². The van der Waals surface area contributed by atoms with E-state index >= 15 is 0 Å². The summed E-state index contributed by atoms with van der Waals surface area (Å²) in [4.78, 5) is 0. The smallest absolute Gasteiger partial charge is 0.0980 e. The van der Waals surface area contributed by atoms with Crippen molar-refractivity contribution in [2.75, 3.05) is 0 Å². The third-order valence-corrected chi connectivity index (χ3v) is 2.54. The molecule has 16 heavy (non-hydrogen) atoms. The maximum atomic E-state index is 5.08. The van der Waals surface area contributed by atoms with Crippen molar-refractivity contribution in [2.45, 2.75) is 27.2 Å². The summed E-state index contributed by atoms with van der Waals surface area (Å²) < 4.78 is 5.08. The topological polar surface area (TPSA) is 13.1 Å². The Morgan fingerprint density at radius 1 is 0.938 bits per heavy atom. The third kappa shape index (κ3) is 2.75. The van der Waals surface area contributed by atoms with Gasteiger partial charge in [0.2, 0.25) is 0 Å². The van der Waals surface area contributed by atoms with E-state index < -0.39 is 0 Å². The van der Waals surface area contributed by atoms with Crippen LogP contribution >= 0.6 is 0 Å². The minimum absolute atomic E-state index is 0.344. The Labute approximate surface area is 97.1 Å². The number of hydrogen-bond acceptors (Lipinski definition) is 1. The van der Waals surface area contributed by atoms with Crippen molar-refractivity contribution >= 4 is 0 Å². The minimum atomic E-state index is 0.344. The number of hydrogen-bond donors (Lipinski definition) is 0. The molecule has 1 heteroatoms. The van der Waals surface area contributed by atoms with Gasteiger partial charge in [-0.15, -0.1) is 0 Å². The largest absolute Gasteiger partial charge is 0.472 e. The lowest BCUT2D eigenvalue weighted by Crippen LogP contribution is -2.08. The molecule has 0 atom stereocenters. The van der Waals surface area contributed by atoms with Crippen molar-refractivity contribution in [3.8, 4) is 11.1 Å². The van der Waals surface area contributed by atoms with Crippen LogP contribution in [-0.2, 0) is 6.42 Å². The van der Waals surface area contributed by atoms with E-state index in [0.717, 1.165) is 12.0 Å². The highest BCUT2D eigenvalue weighted by Crippen LogP contribution is 2.24. The van der Waals surface area contributed by atoms with Crippen LogP contribution in [0.25, 0.3) is 11.1 Å². The molecule has 0 aliphatic carbocycles. The fraction of sp³-hybridized carbons (Fsp3) is 0.333. The molecular formula is C15H18O. The van der Waals surface area contributed by atoms with Gasteiger partial charge in [0.1, 0.15) is 0 Å². The molecule has 0 saturated heterocycles. The van der Waals surface area contributed by atoms with E-state index in [1.54, 1.807) is 12.5 Å². The van der Waals surface area contributed by atoms with Crippen LogP contribution in [-0.4, -0.2) is 0 Å². The molecule has 2 rings (SSSR count). The van der Waals surface area contributed by atoms with E-state index in [1.165, 1.54) is 11.1 Å². The standard InChI is InChI=1S/C15H18O/c1-15(2,3)10-12-4-6-13(7-5-12)14-8-9-16-11-14/h4-9,11H,10H2,1-3H3. The van der Waals surface area contributed by atoms with Gasteiger partial charge in [-0.05, 0) is 29.0 Å². The van der Waals surface area contributed by atoms with Gasteiger partial charge in [-0.1, -0.05) is 45.0 Å². The van der Waals surface area contributed by atoms with Gasteiger partial charge in [0, 0.05) is 5.56 Å². The van der Waals surface area contributed by atoms with Crippen molar-refractivity contribution in [3.05, 3.63) is 48.4 Å². The first kappa shape index (κ1) is 11.0. The van der Waals surface area contributed by atoms with Crippen molar-refractivity contribution in [2.24, 2.45) is 5.41 Å². The maximum Gasteiger partial charge on any atom is 0.0980 e. The SMILES string of the molecule is CC(C)(C)Cc1ccc(-c2ccoc2)cc1. The molecule has 1 heterocycles. The van der Waals surface area contributed by atoms with Crippen LogP contribution in [0.1, 0.15) is 26.3 Å². The van der Waals surface area contributed by atoms with E-state index in [2.05, 4.69) is 45.0 Å². The minimum Gasteiger partial charge on any atom is -0.472 e. The molecule has 1 nitrogen and oxygen atoms in total. The van der Waals surface area contributed by atoms with Gasteiger partial charge in [0.15, 0.2) is 0 Å². The Balaban J connectivity index is 2.17. The molecule has 0 bridgehead atoms. The molecule has 0 spiro atoms. The monoisotopic (exact) mass is 214 g/mol. The lowest BCUT2D eigenvalue weighted by molar-refractivity contribution is 0.411. The summed E-state index contributed by atoms with van der Waals surface area (Å²) in [6.45, 7) is 6.78. The summed E-state index contributed by atoms with van der Waals surface area (Å²) in [6, 6.07) is 10.7. The van der Waals surface area contributed by atoms with Gasteiger partial charge in [0.05, 0.1) is 12.5 Å². The normalized spacial score (nSPS) is 11.7. The van der Waals surface area contributed by atoms with Crippen LogP contribution in [0.4, 0.5) is 0 Å². The van der Waals surface area contributed by atoms with Crippen LogP contribution < -0.4 is 0 Å². The average Bonchev–Trinajstić information content (AvgIpc) is 2.69. The third-order valence-electron chi connectivity index (χ3n) is 2.54. The summed E-state index contributed by atoms with van der Waals surface area (Å²) in [5.41, 5.74) is 4.09. The Hall–Kier alpha value is -1.50. The van der Waals surface area contributed by atoms with Crippen molar-refractivity contribution < 1.29 is 4.42 Å². The fourth-order valence-corrected chi connectivity index (χ4v) is 1.86. The predicted octanol–water partition coefficient (Wildman–Crippen LogP) is 4.54. The second-order valence-corrected chi connectivity index (χ2v) is 5.45.